The van der Waals surface area contributed by atoms with Crippen molar-refractivity contribution in [2.45, 2.75) is 30.0 Å². The van der Waals surface area contributed by atoms with Crippen LogP contribution in [0, 0.1) is 0 Å². The van der Waals surface area contributed by atoms with E-state index in [1.165, 1.54) is 29.0 Å². The van der Waals surface area contributed by atoms with Crippen LogP contribution in [0.4, 0.5) is 5.69 Å². The monoisotopic (exact) mass is 422 g/mol. The molecule has 2 heterocycles. The van der Waals surface area contributed by atoms with Gasteiger partial charge in [-0.05, 0) is 48.1 Å². The number of thioether (sulfide) groups is 1. The first-order valence-corrected chi connectivity index (χ1v) is 11.9. The number of rotatable bonds is 7. The molecule has 0 atom stereocenters. The number of amides is 1. The second kappa shape index (κ2) is 9.51. The molecular formula is C24H26N2OS2. The van der Waals surface area contributed by atoms with Crippen molar-refractivity contribution in [1.82, 2.24) is 4.90 Å². The molecule has 29 heavy (non-hydrogen) atoms. The van der Waals surface area contributed by atoms with E-state index in [-0.39, 0.29) is 5.91 Å². The number of hydrogen-bond acceptors (Lipinski definition) is 4. The molecule has 1 aliphatic heterocycles. The average molecular weight is 423 g/mol. The molecule has 1 saturated heterocycles. The van der Waals surface area contributed by atoms with E-state index in [9.17, 15) is 4.79 Å². The Morgan fingerprint density at radius 2 is 1.79 bits per heavy atom. The number of carbonyl (C=O) groups excluding carboxylic acids is 1. The topological polar surface area (TPSA) is 23.6 Å². The first-order valence-electron chi connectivity index (χ1n) is 10.0. The third-order valence-corrected chi connectivity index (χ3v) is 7.44. The molecule has 3 nitrogen and oxygen atoms in total. The molecule has 1 aliphatic rings. The molecule has 0 unspecified atom stereocenters. The van der Waals surface area contributed by atoms with Crippen molar-refractivity contribution < 1.29 is 4.79 Å². The van der Waals surface area contributed by atoms with Crippen LogP contribution in [0.1, 0.15) is 33.6 Å². The Morgan fingerprint density at radius 3 is 2.59 bits per heavy atom. The zero-order valence-corrected chi connectivity index (χ0v) is 18.3. The first kappa shape index (κ1) is 20.0. The molecule has 5 heteroatoms. The summed E-state index contributed by atoms with van der Waals surface area (Å²) in [5.74, 6) is 0.971. The van der Waals surface area contributed by atoms with Crippen molar-refractivity contribution in [3.63, 3.8) is 0 Å². The van der Waals surface area contributed by atoms with Crippen LogP contribution in [-0.4, -0.2) is 30.9 Å². The zero-order chi connectivity index (χ0) is 20.1. The van der Waals surface area contributed by atoms with Crippen molar-refractivity contribution in [2.75, 3.05) is 25.0 Å². The van der Waals surface area contributed by atoms with E-state index in [1.54, 1.807) is 23.1 Å². The van der Waals surface area contributed by atoms with Gasteiger partial charge in [0.25, 0.3) is 5.91 Å². The van der Waals surface area contributed by atoms with E-state index in [0.717, 1.165) is 29.3 Å². The maximum absolute atomic E-state index is 13.3. The highest BCUT2D eigenvalue weighted by atomic mass is 32.2. The van der Waals surface area contributed by atoms with Crippen LogP contribution in [0.3, 0.4) is 0 Å². The van der Waals surface area contributed by atoms with E-state index < -0.39 is 0 Å². The summed E-state index contributed by atoms with van der Waals surface area (Å²) in [4.78, 5) is 19.9. The van der Waals surface area contributed by atoms with Crippen molar-refractivity contribution >= 4 is 34.7 Å². The number of para-hydroxylation sites is 1. The van der Waals surface area contributed by atoms with Gasteiger partial charge in [0.2, 0.25) is 0 Å². The minimum Gasteiger partial charge on any atom is -0.371 e. The Kier molecular flexibility index (Phi) is 6.57. The SMILES string of the molecule is CN(Cc1ccccc1N1CCCC1)C(=O)c1ccccc1SCc1cccs1. The standard InChI is InChI=1S/C24H26N2OS2/c1-25(17-19-9-2-4-12-22(19)26-14-6-7-15-26)24(27)21-11-3-5-13-23(21)29-18-20-10-8-16-28-20/h2-5,8-13,16H,6-7,14-15,17-18H2,1H3. The summed E-state index contributed by atoms with van der Waals surface area (Å²) < 4.78 is 0. The van der Waals surface area contributed by atoms with E-state index >= 15 is 0 Å². The summed E-state index contributed by atoms with van der Waals surface area (Å²) in [7, 11) is 1.91. The maximum atomic E-state index is 13.3. The largest absolute Gasteiger partial charge is 0.371 e. The van der Waals surface area contributed by atoms with Crippen LogP contribution < -0.4 is 4.90 Å². The van der Waals surface area contributed by atoms with Gasteiger partial charge in [0, 0.05) is 47.9 Å². The lowest BCUT2D eigenvalue weighted by atomic mass is 10.1. The molecule has 0 radical (unpaired) electrons. The van der Waals surface area contributed by atoms with Crippen LogP contribution in [0.2, 0.25) is 0 Å². The second-order valence-electron chi connectivity index (χ2n) is 7.35. The van der Waals surface area contributed by atoms with Gasteiger partial charge in [0.05, 0.1) is 5.56 Å². The highest BCUT2D eigenvalue weighted by Gasteiger charge is 2.20. The number of hydrogen-bond donors (Lipinski definition) is 0. The molecule has 1 aromatic heterocycles. The predicted octanol–water partition coefficient (Wildman–Crippen LogP) is 5.91. The van der Waals surface area contributed by atoms with Gasteiger partial charge < -0.3 is 9.80 Å². The molecule has 4 rings (SSSR count). The number of thiophene rings is 1. The highest BCUT2D eigenvalue weighted by molar-refractivity contribution is 7.98. The van der Waals surface area contributed by atoms with Crippen LogP contribution >= 0.6 is 23.1 Å². The van der Waals surface area contributed by atoms with E-state index in [4.69, 9.17) is 0 Å². The van der Waals surface area contributed by atoms with Crippen molar-refractivity contribution in [3.8, 4) is 0 Å². The quantitative estimate of drug-likeness (QED) is 0.442. The predicted molar refractivity (Wildman–Crippen MR) is 124 cm³/mol. The summed E-state index contributed by atoms with van der Waals surface area (Å²) in [6, 6.07) is 20.7. The molecule has 3 aromatic rings. The lowest BCUT2D eigenvalue weighted by Gasteiger charge is -2.25. The molecule has 0 spiro atoms. The van der Waals surface area contributed by atoms with Gasteiger partial charge in [-0.3, -0.25) is 4.79 Å². The fourth-order valence-corrected chi connectivity index (χ4v) is 5.57. The molecule has 2 aromatic carbocycles. The van der Waals surface area contributed by atoms with Gasteiger partial charge in [-0.25, -0.2) is 0 Å². The van der Waals surface area contributed by atoms with E-state index in [2.05, 4.69) is 52.7 Å². The lowest BCUT2D eigenvalue weighted by molar-refractivity contribution is 0.0782. The Morgan fingerprint density at radius 1 is 1.03 bits per heavy atom. The fourth-order valence-electron chi connectivity index (χ4n) is 3.76. The molecule has 0 saturated carbocycles. The average Bonchev–Trinajstić information content (AvgIpc) is 3.46. The van der Waals surface area contributed by atoms with Crippen LogP contribution in [0.15, 0.2) is 70.9 Å². The van der Waals surface area contributed by atoms with Gasteiger partial charge in [0.15, 0.2) is 0 Å². The molecule has 0 aliphatic carbocycles. The van der Waals surface area contributed by atoms with Crippen molar-refractivity contribution in [1.29, 1.82) is 0 Å². The summed E-state index contributed by atoms with van der Waals surface area (Å²) in [6.07, 6.45) is 2.50. The van der Waals surface area contributed by atoms with Gasteiger partial charge in [-0.15, -0.1) is 23.1 Å². The zero-order valence-electron chi connectivity index (χ0n) is 16.7. The molecule has 150 valence electrons. The lowest BCUT2D eigenvalue weighted by Crippen LogP contribution is -2.28. The van der Waals surface area contributed by atoms with E-state index in [1.807, 2.05) is 30.1 Å². The van der Waals surface area contributed by atoms with Gasteiger partial charge in [0.1, 0.15) is 0 Å². The Balaban J connectivity index is 1.49. The Hall–Kier alpha value is -2.24. The summed E-state index contributed by atoms with van der Waals surface area (Å²) in [5, 5.41) is 2.10. The number of anilines is 1. The minimum absolute atomic E-state index is 0.0792. The van der Waals surface area contributed by atoms with Gasteiger partial charge in [-0.1, -0.05) is 36.4 Å². The van der Waals surface area contributed by atoms with Crippen LogP contribution in [-0.2, 0) is 12.3 Å². The summed E-state index contributed by atoms with van der Waals surface area (Å²) >= 11 is 3.49. The number of carbonyl (C=O) groups is 1. The smallest absolute Gasteiger partial charge is 0.255 e. The second-order valence-corrected chi connectivity index (χ2v) is 9.40. The summed E-state index contributed by atoms with van der Waals surface area (Å²) in [6.45, 7) is 2.84. The third-order valence-electron chi connectivity index (χ3n) is 5.26. The van der Waals surface area contributed by atoms with Crippen molar-refractivity contribution in [2.24, 2.45) is 0 Å². The molecule has 0 bridgehead atoms. The van der Waals surface area contributed by atoms with Gasteiger partial charge >= 0.3 is 0 Å². The van der Waals surface area contributed by atoms with E-state index in [0.29, 0.717) is 6.54 Å². The molecule has 0 N–H and O–H groups in total. The normalized spacial score (nSPS) is 13.6. The molecule has 1 amide bonds. The third kappa shape index (κ3) is 4.85. The van der Waals surface area contributed by atoms with Gasteiger partial charge in [-0.2, -0.15) is 0 Å². The summed E-state index contributed by atoms with van der Waals surface area (Å²) in [5.41, 5.74) is 3.27. The Bertz CT molecular complexity index is 949. The molecule has 1 fully saturated rings. The van der Waals surface area contributed by atoms with Crippen LogP contribution in [0.25, 0.3) is 0 Å². The fraction of sp³-hybridized carbons (Fsp3) is 0.292. The maximum Gasteiger partial charge on any atom is 0.255 e. The van der Waals surface area contributed by atoms with Crippen molar-refractivity contribution in [3.05, 3.63) is 82.0 Å². The highest BCUT2D eigenvalue weighted by Crippen LogP contribution is 2.30. The number of benzene rings is 2. The minimum atomic E-state index is 0.0792. The van der Waals surface area contributed by atoms with Crippen LogP contribution in [0.5, 0.6) is 0 Å². The molecular weight excluding hydrogens is 396 g/mol. The Labute approximate surface area is 181 Å². The number of nitrogens with zero attached hydrogens (tertiary/aromatic N) is 2. The first-order chi connectivity index (χ1) is 14.2.